The minimum atomic E-state index is -0.406. The molecule has 1 N–H and O–H groups in total. The molecule has 1 atom stereocenters. The molecule has 0 spiro atoms. The minimum absolute atomic E-state index is 0.0203. The molecule has 2 fully saturated rings. The van der Waals surface area contributed by atoms with Gasteiger partial charge in [0.1, 0.15) is 11.6 Å². The van der Waals surface area contributed by atoms with Crippen molar-refractivity contribution in [3.05, 3.63) is 29.0 Å². The number of carbonyl (C=O) groups excluding carboxylic acids is 1. The smallest absolute Gasteiger partial charge is 0.223 e. The maximum absolute atomic E-state index is 12.9. The van der Waals surface area contributed by atoms with Gasteiger partial charge in [-0.1, -0.05) is 11.6 Å². The predicted molar refractivity (Wildman–Crippen MR) is 87.2 cm³/mol. The van der Waals surface area contributed by atoms with E-state index in [2.05, 4.69) is 10.2 Å². The SMILES string of the molecule is O=C(CCOc1ccc(F)cc1Cl)NCC1CCN(C2CC2)C1. The molecule has 4 nitrogen and oxygen atoms in total. The third-order valence-corrected chi connectivity index (χ3v) is 4.74. The van der Waals surface area contributed by atoms with Crippen LogP contribution in [0.4, 0.5) is 4.39 Å². The van der Waals surface area contributed by atoms with Gasteiger partial charge in [-0.2, -0.15) is 0 Å². The van der Waals surface area contributed by atoms with Crippen molar-refractivity contribution < 1.29 is 13.9 Å². The van der Waals surface area contributed by atoms with E-state index >= 15 is 0 Å². The van der Waals surface area contributed by atoms with Gasteiger partial charge in [-0.25, -0.2) is 4.39 Å². The number of nitrogens with one attached hydrogen (secondary N) is 1. The average molecular weight is 341 g/mol. The molecule has 2 aliphatic rings. The quantitative estimate of drug-likeness (QED) is 0.830. The van der Waals surface area contributed by atoms with Gasteiger partial charge in [0.25, 0.3) is 0 Å². The Morgan fingerprint density at radius 3 is 2.96 bits per heavy atom. The van der Waals surface area contributed by atoms with E-state index in [0.29, 0.717) is 11.7 Å². The fourth-order valence-electron chi connectivity index (χ4n) is 2.99. The molecule has 1 heterocycles. The number of halogens is 2. The fraction of sp³-hybridized carbons (Fsp3) is 0.588. The van der Waals surface area contributed by atoms with Gasteiger partial charge in [-0.15, -0.1) is 0 Å². The van der Waals surface area contributed by atoms with Crippen molar-refractivity contribution in [1.29, 1.82) is 0 Å². The Hall–Kier alpha value is -1.33. The maximum atomic E-state index is 12.9. The van der Waals surface area contributed by atoms with Crippen LogP contribution in [0.15, 0.2) is 18.2 Å². The van der Waals surface area contributed by atoms with E-state index < -0.39 is 5.82 Å². The summed E-state index contributed by atoms with van der Waals surface area (Å²) in [7, 11) is 0. The van der Waals surface area contributed by atoms with Gasteiger partial charge in [0.05, 0.1) is 18.1 Å². The Bertz CT molecular complexity index is 566. The zero-order chi connectivity index (χ0) is 16.2. The second-order valence-electron chi connectivity index (χ2n) is 6.36. The number of ether oxygens (including phenoxy) is 1. The van der Waals surface area contributed by atoms with Gasteiger partial charge >= 0.3 is 0 Å². The Morgan fingerprint density at radius 1 is 1.39 bits per heavy atom. The summed E-state index contributed by atoms with van der Waals surface area (Å²) in [5, 5.41) is 3.19. The molecule has 1 saturated heterocycles. The highest BCUT2D eigenvalue weighted by atomic mass is 35.5. The maximum Gasteiger partial charge on any atom is 0.223 e. The number of hydrogen-bond acceptors (Lipinski definition) is 3. The van der Waals surface area contributed by atoms with Crippen LogP contribution in [0, 0.1) is 11.7 Å². The van der Waals surface area contributed by atoms with Crippen LogP contribution in [0.1, 0.15) is 25.7 Å². The molecule has 0 aromatic heterocycles. The van der Waals surface area contributed by atoms with Gasteiger partial charge in [0.2, 0.25) is 5.91 Å². The summed E-state index contributed by atoms with van der Waals surface area (Å²) >= 11 is 5.87. The standard InChI is InChI=1S/C17H22ClFN2O2/c18-15-9-13(19)1-4-16(15)23-8-6-17(22)20-10-12-5-7-21(11-12)14-2-3-14/h1,4,9,12,14H,2-3,5-8,10-11H2,(H,20,22). The van der Waals surface area contributed by atoms with Crippen LogP contribution < -0.4 is 10.1 Å². The molecule has 1 aliphatic heterocycles. The number of likely N-dealkylation sites (tertiary alicyclic amines) is 1. The van der Waals surface area contributed by atoms with E-state index in [1.807, 2.05) is 0 Å². The molecule has 1 aliphatic carbocycles. The molecular weight excluding hydrogens is 319 g/mol. The lowest BCUT2D eigenvalue weighted by Crippen LogP contribution is -2.32. The zero-order valence-corrected chi connectivity index (χ0v) is 13.8. The van der Waals surface area contributed by atoms with Gasteiger partial charge in [0, 0.05) is 19.1 Å². The summed E-state index contributed by atoms with van der Waals surface area (Å²) in [6.07, 6.45) is 4.11. The highest BCUT2D eigenvalue weighted by molar-refractivity contribution is 6.32. The molecule has 3 rings (SSSR count). The van der Waals surface area contributed by atoms with E-state index in [9.17, 15) is 9.18 Å². The van der Waals surface area contributed by atoms with Crippen LogP contribution in [-0.4, -0.2) is 43.1 Å². The Kier molecular flexibility index (Phi) is 5.38. The number of carbonyl (C=O) groups is 1. The monoisotopic (exact) mass is 340 g/mol. The molecule has 0 bridgehead atoms. The first kappa shape index (κ1) is 16.5. The number of amides is 1. The van der Waals surface area contributed by atoms with Gasteiger partial charge < -0.3 is 15.0 Å². The van der Waals surface area contributed by atoms with Crippen molar-refractivity contribution in [3.63, 3.8) is 0 Å². The molecule has 6 heteroatoms. The minimum Gasteiger partial charge on any atom is -0.491 e. The molecule has 1 amide bonds. The van der Waals surface area contributed by atoms with E-state index in [4.69, 9.17) is 16.3 Å². The first-order chi connectivity index (χ1) is 11.1. The third kappa shape index (κ3) is 4.82. The molecule has 1 unspecified atom stereocenters. The number of benzene rings is 1. The first-order valence-electron chi connectivity index (χ1n) is 8.20. The molecule has 23 heavy (non-hydrogen) atoms. The van der Waals surface area contributed by atoms with Crippen LogP contribution in [0.2, 0.25) is 5.02 Å². The second kappa shape index (κ2) is 7.49. The molecule has 1 saturated carbocycles. The van der Waals surface area contributed by atoms with Crippen LogP contribution in [-0.2, 0) is 4.79 Å². The van der Waals surface area contributed by atoms with Crippen LogP contribution >= 0.6 is 11.6 Å². The van der Waals surface area contributed by atoms with Crippen LogP contribution in [0.3, 0.4) is 0 Å². The van der Waals surface area contributed by atoms with Gasteiger partial charge in [-0.3, -0.25) is 4.79 Å². The summed E-state index contributed by atoms with van der Waals surface area (Å²) in [6, 6.07) is 4.76. The molecule has 1 aromatic rings. The zero-order valence-electron chi connectivity index (χ0n) is 13.1. The largest absolute Gasteiger partial charge is 0.491 e. The Morgan fingerprint density at radius 2 is 2.22 bits per heavy atom. The van der Waals surface area contributed by atoms with Gasteiger partial charge in [-0.05, 0) is 49.9 Å². The van der Waals surface area contributed by atoms with Gasteiger partial charge in [0.15, 0.2) is 0 Å². The third-order valence-electron chi connectivity index (χ3n) is 4.45. The van der Waals surface area contributed by atoms with Crippen molar-refractivity contribution in [1.82, 2.24) is 10.2 Å². The van der Waals surface area contributed by atoms with E-state index in [1.165, 1.54) is 37.5 Å². The summed E-state index contributed by atoms with van der Waals surface area (Å²) in [6.45, 7) is 3.24. The predicted octanol–water partition coefficient (Wildman–Crippen LogP) is 2.85. The van der Waals surface area contributed by atoms with Crippen molar-refractivity contribution in [2.75, 3.05) is 26.2 Å². The number of hydrogen-bond donors (Lipinski definition) is 1. The van der Waals surface area contributed by atoms with Crippen molar-refractivity contribution in [3.8, 4) is 5.75 Å². The molecular formula is C17H22ClFN2O2. The van der Waals surface area contributed by atoms with Crippen molar-refractivity contribution in [2.24, 2.45) is 5.92 Å². The second-order valence-corrected chi connectivity index (χ2v) is 6.77. The highest BCUT2D eigenvalue weighted by Crippen LogP contribution is 2.31. The topological polar surface area (TPSA) is 41.6 Å². The summed E-state index contributed by atoms with van der Waals surface area (Å²) in [4.78, 5) is 14.4. The molecule has 126 valence electrons. The summed E-state index contributed by atoms with van der Waals surface area (Å²) in [5.74, 6) is 0.536. The molecule has 0 radical (unpaired) electrons. The first-order valence-corrected chi connectivity index (χ1v) is 8.58. The molecule has 1 aromatic carbocycles. The highest BCUT2D eigenvalue weighted by Gasteiger charge is 2.34. The van der Waals surface area contributed by atoms with Crippen LogP contribution in [0.5, 0.6) is 5.75 Å². The van der Waals surface area contributed by atoms with Crippen molar-refractivity contribution >= 4 is 17.5 Å². The number of nitrogens with zero attached hydrogens (tertiary/aromatic N) is 1. The van der Waals surface area contributed by atoms with Crippen LogP contribution in [0.25, 0.3) is 0 Å². The lowest BCUT2D eigenvalue weighted by Gasteiger charge is -2.15. The fourth-order valence-corrected chi connectivity index (χ4v) is 3.21. The van der Waals surface area contributed by atoms with E-state index in [-0.39, 0.29) is 24.0 Å². The lowest BCUT2D eigenvalue weighted by atomic mass is 10.1. The Balaban J connectivity index is 1.32. The normalized spacial score (nSPS) is 21.4. The number of rotatable bonds is 7. The summed E-state index contributed by atoms with van der Waals surface area (Å²) in [5.41, 5.74) is 0. The average Bonchev–Trinajstić information content (AvgIpc) is 3.26. The van der Waals surface area contributed by atoms with E-state index in [1.54, 1.807) is 0 Å². The van der Waals surface area contributed by atoms with Crippen molar-refractivity contribution in [2.45, 2.75) is 31.7 Å². The Labute approximate surface area is 140 Å². The summed E-state index contributed by atoms with van der Waals surface area (Å²) < 4.78 is 18.3. The lowest BCUT2D eigenvalue weighted by molar-refractivity contribution is -0.121. The van der Waals surface area contributed by atoms with E-state index in [0.717, 1.165) is 25.7 Å².